The number of amides is 1. The highest BCUT2D eigenvalue weighted by atomic mass is 16.1. The van der Waals surface area contributed by atoms with Crippen molar-refractivity contribution in [2.45, 2.75) is 32.2 Å². The molecule has 2 atom stereocenters. The Morgan fingerprint density at radius 1 is 1.19 bits per heavy atom. The minimum atomic E-state index is -0.0858. The smallest absolute Gasteiger partial charge is 0.221 e. The summed E-state index contributed by atoms with van der Waals surface area (Å²) >= 11 is 0. The lowest BCUT2D eigenvalue weighted by Crippen LogP contribution is -2.28. The number of benzene rings is 1. The minimum absolute atomic E-state index is 0.0254. The van der Waals surface area contributed by atoms with Crippen LogP contribution in [0.3, 0.4) is 0 Å². The summed E-state index contributed by atoms with van der Waals surface area (Å²) in [7, 11) is 0. The van der Waals surface area contributed by atoms with Crippen LogP contribution in [-0.2, 0) is 4.79 Å². The van der Waals surface area contributed by atoms with Gasteiger partial charge in [-0.25, -0.2) is 0 Å². The van der Waals surface area contributed by atoms with Crippen molar-refractivity contribution < 1.29 is 4.79 Å². The number of anilines is 1. The molecular formula is C17H21N3O. The third kappa shape index (κ3) is 4.31. The Morgan fingerprint density at radius 2 is 1.90 bits per heavy atom. The summed E-state index contributed by atoms with van der Waals surface area (Å²) in [5, 5.41) is 2.98. The van der Waals surface area contributed by atoms with E-state index in [2.05, 4.69) is 10.3 Å². The number of rotatable bonds is 5. The van der Waals surface area contributed by atoms with Gasteiger partial charge in [0.05, 0.1) is 11.7 Å². The van der Waals surface area contributed by atoms with Crippen molar-refractivity contribution in [3.63, 3.8) is 0 Å². The van der Waals surface area contributed by atoms with Gasteiger partial charge in [-0.2, -0.15) is 0 Å². The van der Waals surface area contributed by atoms with Crippen LogP contribution in [0.5, 0.6) is 0 Å². The molecule has 2 unspecified atom stereocenters. The molecule has 0 fully saturated rings. The van der Waals surface area contributed by atoms with E-state index in [-0.39, 0.29) is 17.9 Å². The minimum Gasteiger partial charge on any atom is -0.399 e. The number of pyridine rings is 1. The molecule has 21 heavy (non-hydrogen) atoms. The molecule has 2 rings (SSSR count). The predicted molar refractivity (Wildman–Crippen MR) is 84.7 cm³/mol. The standard InChI is InChI=1S/C17H21N3O/c1-12(14-6-8-15(18)9-7-14)11-17(21)20-13(2)16-5-3-4-10-19-16/h3-10,12-13H,11,18H2,1-2H3,(H,20,21). The van der Waals surface area contributed by atoms with Crippen molar-refractivity contribution in [3.05, 3.63) is 59.9 Å². The van der Waals surface area contributed by atoms with E-state index in [4.69, 9.17) is 5.73 Å². The zero-order valence-electron chi connectivity index (χ0n) is 12.4. The lowest BCUT2D eigenvalue weighted by Gasteiger charge is -2.16. The lowest BCUT2D eigenvalue weighted by atomic mass is 9.97. The molecule has 1 aromatic carbocycles. The first-order valence-electron chi connectivity index (χ1n) is 7.12. The molecule has 0 aliphatic rings. The van der Waals surface area contributed by atoms with Crippen LogP contribution in [0.15, 0.2) is 48.7 Å². The fourth-order valence-electron chi connectivity index (χ4n) is 2.23. The molecule has 0 saturated heterocycles. The summed E-state index contributed by atoms with van der Waals surface area (Å²) in [5.74, 6) is 0.180. The number of nitrogens with zero attached hydrogens (tertiary/aromatic N) is 1. The number of carbonyl (C=O) groups is 1. The third-order valence-corrected chi connectivity index (χ3v) is 3.51. The fourth-order valence-corrected chi connectivity index (χ4v) is 2.23. The average Bonchev–Trinajstić information content (AvgIpc) is 2.48. The van der Waals surface area contributed by atoms with Gasteiger partial charge in [-0.3, -0.25) is 9.78 Å². The van der Waals surface area contributed by atoms with Gasteiger partial charge in [-0.05, 0) is 42.7 Å². The number of hydrogen-bond acceptors (Lipinski definition) is 3. The second kappa shape index (κ2) is 6.88. The fraction of sp³-hybridized carbons (Fsp3) is 0.294. The first-order chi connectivity index (χ1) is 10.1. The molecule has 4 heteroatoms. The van der Waals surface area contributed by atoms with Crippen LogP contribution in [0.4, 0.5) is 5.69 Å². The molecule has 110 valence electrons. The molecule has 1 heterocycles. The predicted octanol–water partition coefficient (Wildman–Crippen LogP) is 3.03. The van der Waals surface area contributed by atoms with Crippen LogP contribution in [-0.4, -0.2) is 10.9 Å². The zero-order valence-corrected chi connectivity index (χ0v) is 12.4. The van der Waals surface area contributed by atoms with Gasteiger partial charge in [0, 0.05) is 18.3 Å². The van der Waals surface area contributed by atoms with E-state index >= 15 is 0 Å². The van der Waals surface area contributed by atoms with Crippen LogP contribution in [0, 0.1) is 0 Å². The van der Waals surface area contributed by atoms with E-state index < -0.39 is 0 Å². The second-order valence-electron chi connectivity index (χ2n) is 5.32. The van der Waals surface area contributed by atoms with E-state index in [0.717, 1.165) is 16.9 Å². The Labute approximate surface area is 125 Å². The van der Waals surface area contributed by atoms with Gasteiger partial charge >= 0.3 is 0 Å². The highest BCUT2D eigenvalue weighted by Crippen LogP contribution is 2.20. The summed E-state index contributed by atoms with van der Waals surface area (Å²) in [6.45, 7) is 3.98. The van der Waals surface area contributed by atoms with E-state index in [0.29, 0.717) is 6.42 Å². The number of nitrogen functional groups attached to an aromatic ring is 1. The Kier molecular flexibility index (Phi) is 4.93. The molecular weight excluding hydrogens is 262 g/mol. The highest BCUT2D eigenvalue weighted by molar-refractivity contribution is 5.77. The Hall–Kier alpha value is -2.36. The largest absolute Gasteiger partial charge is 0.399 e. The molecule has 0 spiro atoms. The first-order valence-corrected chi connectivity index (χ1v) is 7.12. The van der Waals surface area contributed by atoms with Crippen LogP contribution >= 0.6 is 0 Å². The van der Waals surface area contributed by atoms with Gasteiger partial charge < -0.3 is 11.1 Å². The van der Waals surface area contributed by atoms with Gasteiger partial charge in [-0.1, -0.05) is 25.1 Å². The molecule has 0 saturated carbocycles. The van der Waals surface area contributed by atoms with Crippen LogP contribution < -0.4 is 11.1 Å². The van der Waals surface area contributed by atoms with Crippen LogP contribution in [0.2, 0.25) is 0 Å². The first kappa shape index (κ1) is 15.0. The SMILES string of the molecule is CC(CC(=O)NC(C)c1ccccn1)c1ccc(N)cc1. The van der Waals surface area contributed by atoms with Crippen molar-refractivity contribution in [2.24, 2.45) is 0 Å². The molecule has 1 aromatic heterocycles. The summed E-state index contributed by atoms with van der Waals surface area (Å²) in [5.41, 5.74) is 8.39. The number of nitrogens with one attached hydrogen (secondary N) is 1. The van der Waals surface area contributed by atoms with E-state index in [1.165, 1.54) is 0 Å². The normalized spacial score (nSPS) is 13.4. The molecule has 2 aromatic rings. The number of nitrogens with two attached hydrogens (primary N) is 1. The molecule has 1 amide bonds. The van der Waals surface area contributed by atoms with Crippen molar-refractivity contribution in [1.82, 2.24) is 10.3 Å². The zero-order chi connectivity index (χ0) is 15.2. The molecule has 0 radical (unpaired) electrons. The lowest BCUT2D eigenvalue weighted by molar-refractivity contribution is -0.122. The summed E-state index contributed by atoms with van der Waals surface area (Å²) in [6.07, 6.45) is 2.18. The van der Waals surface area contributed by atoms with Crippen LogP contribution in [0.25, 0.3) is 0 Å². The summed E-state index contributed by atoms with van der Waals surface area (Å²) < 4.78 is 0. The van der Waals surface area contributed by atoms with Gasteiger partial charge in [-0.15, -0.1) is 0 Å². The van der Waals surface area contributed by atoms with Gasteiger partial charge in [0.25, 0.3) is 0 Å². The highest BCUT2D eigenvalue weighted by Gasteiger charge is 2.14. The van der Waals surface area contributed by atoms with Crippen LogP contribution in [0.1, 0.15) is 43.5 Å². The maximum atomic E-state index is 12.1. The Balaban J connectivity index is 1.91. The maximum Gasteiger partial charge on any atom is 0.221 e. The monoisotopic (exact) mass is 283 g/mol. The Bertz CT molecular complexity index is 581. The Morgan fingerprint density at radius 3 is 2.52 bits per heavy atom. The van der Waals surface area contributed by atoms with E-state index in [9.17, 15) is 4.79 Å². The van der Waals surface area contributed by atoms with E-state index in [1.807, 2.05) is 56.3 Å². The van der Waals surface area contributed by atoms with Crippen molar-refractivity contribution >= 4 is 11.6 Å². The topological polar surface area (TPSA) is 68.0 Å². The van der Waals surface area contributed by atoms with Gasteiger partial charge in [0.15, 0.2) is 0 Å². The number of aromatic nitrogens is 1. The number of hydrogen-bond donors (Lipinski definition) is 2. The third-order valence-electron chi connectivity index (χ3n) is 3.51. The molecule has 0 bridgehead atoms. The molecule has 3 N–H and O–H groups in total. The molecule has 4 nitrogen and oxygen atoms in total. The van der Waals surface area contributed by atoms with Crippen molar-refractivity contribution in [2.75, 3.05) is 5.73 Å². The number of carbonyl (C=O) groups excluding carboxylic acids is 1. The quantitative estimate of drug-likeness (QED) is 0.829. The summed E-state index contributed by atoms with van der Waals surface area (Å²) in [4.78, 5) is 16.4. The summed E-state index contributed by atoms with van der Waals surface area (Å²) in [6, 6.07) is 13.3. The average molecular weight is 283 g/mol. The van der Waals surface area contributed by atoms with Gasteiger partial charge in [0.1, 0.15) is 0 Å². The van der Waals surface area contributed by atoms with E-state index in [1.54, 1.807) is 6.20 Å². The van der Waals surface area contributed by atoms with Crippen molar-refractivity contribution in [1.29, 1.82) is 0 Å². The maximum absolute atomic E-state index is 12.1. The van der Waals surface area contributed by atoms with Crippen molar-refractivity contribution in [3.8, 4) is 0 Å². The molecule has 0 aliphatic carbocycles. The van der Waals surface area contributed by atoms with Gasteiger partial charge in [0.2, 0.25) is 5.91 Å². The second-order valence-corrected chi connectivity index (χ2v) is 5.32. The molecule has 0 aliphatic heterocycles.